The van der Waals surface area contributed by atoms with Crippen molar-refractivity contribution in [2.24, 2.45) is 0 Å². The van der Waals surface area contributed by atoms with Gasteiger partial charge in [0.15, 0.2) is 0 Å². The fraction of sp³-hybridized carbons (Fsp3) is 0.222. The Labute approximate surface area is 147 Å². The van der Waals surface area contributed by atoms with E-state index in [1.807, 2.05) is 12.1 Å². The molecule has 0 fully saturated rings. The molecule has 0 unspecified atom stereocenters. The van der Waals surface area contributed by atoms with E-state index in [1.165, 1.54) is 13.2 Å². The Balaban J connectivity index is 1.96. The van der Waals surface area contributed by atoms with E-state index in [0.29, 0.717) is 23.4 Å². The van der Waals surface area contributed by atoms with Crippen LogP contribution < -0.4 is 14.8 Å². The van der Waals surface area contributed by atoms with Crippen molar-refractivity contribution in [2.45, 2.75) is 12.7 Å². The predicted molar refractivity (Wildman–Crippen MR) is 91.4 cm³/mol. The highest BCUT2D eigenvalue weighted by Gasteiger charge is 2.35. The Bertz CT molecular complexity index is 912. The Morgan fingerprint density at radius 1 is 0.923 bits per heavy atom. The molecule has 0 aliphatic rings. The molecule has 0 bridgehead atoms. The van der Waals surface area contributed by atoms with Gasteiger partial charge in [-0.25, -0.2) is 9.97 Å². The third-order valence-corrected chi connectivity index (χ3v) is 3.78. The number of halogens is 3. The summed E-state index contributed by atoms with van der Waals surface area (Å²) in [4.78, 5) is 7.28. The van der Waals surface area contributed by atoms with Crippen molar-refractivity contribution in [3.8, 4) is 11.5 Å². The third kappa shape index (κ3) is 3.79. The standard InChI is InChI=1S/C18H16F3N3O2/c1-25-12-5-3-11(4-6-12)10-22-16-14-8-7-13(26-2)9-15(14)23-17(24-16)18(19,20)21/h3-9H,10H2,1-2H3,(H,22,23,24). The zero-order valence-electron chi connectivity index (χ0n) is 14.1. The molecule has 8 heteroatoms. The second-order valence-electron chi connectivity index (χ2n) is 5.48. The number of methoxy groups -OCH3 is 2. The summed E-state index contributed by atoms with van der Waals surface area (Å²) in [5.74, 6) is 0.0365. The lowest BCUT2D eigenvalue weighted by atomic mass is 10.2. The van der Waals surface area contributed by atoms with Crippen molar-refractivity contribution < 1.29 is 22.6 Å². The van der Waals surface area contributed by atoms with Crippen LogP contribution >= 0.6 is 0 Å². The molecule has 1 aromatic heterocycles. The van der Waals surface area contributed by atoms with Gasteiger partial charge < -0.3 is 14.8 Å². The van der Waals surface area contributed by atoms with Crippen LogP contribution in [0, 0.1) is 0 Å². The molecule has 0 atom stereocenters. The van der Waals surface area contributed by atoms with Gasteiger partial charge >= 0.3 is 6.18 Å². The second kappa shape index (κ2) is 7.07. The SMILES string of the molecule is COc1ccc(CNc2nc(C(F)(F)F)nc3cc(OC)ccc23)cc1. The molecule has 0 saturated carbocycles. The number of nitrogens with zero attached hydrogens (tertiary/aromatic N) is 2. The van der Waals surface area contributed by atoms with E-state index in [-0.39, 0.29) is 11.3 Å². The van der Waals surface area contributed by atoms with Crippen LogP contribution in [0.1, 0.15) is 11.4 Å². The van der Waals surface area contributed by atoms with Gasteiger partial charge in [-0.3, -0.25) is 0 Å². The van der Waals surface area contributed by atoms with Crippen LogP contribution in [0.25, 0.3) is 10.9 Å². The molecular formula is C18H16F3N3O2. The first-order valence-corrected chi connectivity index (χ1v) is 7.70. The highest BCUT2D eigenvalue weighted by atomic mass is 19.4. The highest BCUT2D eigenvalue weighted by Crippen LogP contribution is 2.31. The summed E-state index contributed by atoms with van der Waals surface area (Å²) in [6.45, 7) is 0.305. The molecule has 0 amide bonds. The minimum absolute atomic E-state index is 0.112. The summed E-state index contributed by atoms with van der Waals surface area (Å²) in [6, 6.07) is 11.9. The van der Waals surface area contributed by atoms with Crippen molar-refractivity contribution >= 4 is 16.7 Å². The topological polar surface area (TPSA) is 56.3 Å². The average Bonchev–Trinajstić information content (AvgIpc) is 2.65. The first-order chi connectivity index (χ1) is 12.4. The average molecular weight is 363 g/mol. The Morgan fingerprint density at radius 3 is 2.19 bits per heavy atom. The summed E-state index contributed by atoms with van der Waals surface area (Å²) in [5, 5.41) is 3.44. The monoisotopic (exact) mass is 363 g/mol. The van der Waals surface area contributed by atoms with Crippen molar-refractivity contribution in [1.29, 1.82) is 0 Å². The quantitative estimate of drug-likeness (QED) is 0.733. The maximum atomic E-state index is 13.1. The van der Waals surface area contributed by atoms with Gasteiger partial charge in [0.05, 0.1) is 19.7 Å². The molecule has 0 saturated heterocycles. The zero-order valence-corrected chi connectivity index (χ0v) is 14.1. The number of anilines is 1. The smallest absolute Gasteiger partial charge is 0.451 e. The molecule has 1 N–H and O–H groups in total. The fourth-order valence-corrected chi connectivity index (χ4v) is 2.43. The van der Waals surface area contributed by atoms with Crippen molar-refractivity contribution in [3.63, 3.8) is 0 Å². The van der Waals surface area contributed by atoms with Crippen molar-refractivity contribution in [1.82, 2.24) is 9.97 Å². The molecule has 26 heavy (non-hydrogen) atoms. The molecule has 5 nitrogen and oxygen atoms in total. The fourth-order valence-electron chi connectivity index (χ4n) is 2.43. The first kappa shape index (κ1) is 17.8. The number of rotatable bonds is 5. The summed E-state index contributed by atoms with van der Waals surface area (Å²) in [5.41, 5.74) is 1.03. The lowest BCUT2D eigenvalue weighted by Crippen LogP contribution is -2.13. The second-order valence-corrected chi connectivity index (χ2v) is 5.48. The third-order valence-electron chi connectivity index (χ3n) is 3.78. The molecular weight excluding hydrogens is 347 g/mol. The molecule has 136 valence electrons. The summed E-state index contributed by atoms with van der Waals surface area (Å²) >= 11 is 0. The Morgan fingerprint density at radius 2 is 1.58 bits per heavy atom. The molecule has 3 aromatic rings. The first-order valence-electron chi connectivity index (χ1n) is 7.70. The van der Waals surface area contributed by atoms with Gasteiger partial charge in [-0.15, -0.1) is 0 Å². The van der Waals surface area contributed by atoms with Crippen LogP contribution in [0.4, 0.5) is 19.0 Å². The maximum absolute atomic E-state index is 13.1. The van der Waals surface area contributed by atoms with Gasteiger partial charge in [-0.2, -0.15) is 13.2 Å². The van der Waals surface area contributed by atoms with E-state index in [1.54, 1.807) is 31.4 Å². The number of aromatic nitrogens is 2. The molecule has 0 aliphatic carbocycles. The van der Waals surface area contributed by atoms with E-state index < -0.39 is 12.0 Å². The Hall–Kier alpha value is -3.03. The highest BCUT2D eigenvalue weighted by molar-refractivity contribution is 5.90. The number of hydrogen-bond donors (Lipinski definition) is 1. The normalized spacial score (nSPS) is 11.4. The van der Waals surface area contributed by atoms with Gasteiger partial charge in [0.1, 0.15) is 17.3 Å². The summed E-state index contributed by atoms with van der Waals surface area (Å²) < 4.78 is 49.5. The van der Waals surface area contributed by atoms with E-state index in [4.69, 9.17) is 9.47 Å². The van der Waals surface area contributed by atoms with E-state index in [9.17, 15) is 13.2 Å². The van der Waals surface area contributed by atoms with Crippen molar-refractivity contribution in [2.75, 3.05) is 19.5 Å². The molecule has 3 rings (SSSR count). The molecule has 1 heterocycles. The maximum Gasteiger partial charge on any atom is 0.451 e. The van der Waals surface area contributed by atoms with Crippen LogP contribution in [0.3, 0.4) is 0 Å². The number of ether oxygens (including phenoxy) is 2. The number of fused-ring (bicyclic) bond motifs is 1. The zero-order chi connectivity index (χ0) is 18.7. The molecule has 2 aromatic carbocycles. The van der Waals surface area contributed by atoms with Gasteiger partial charge in [0.25, 0.3) is 0 Å². The van der Waals surface area contributed by atoms with Crippen LogP contribution in [0.2, 0.25) is 0 Å². The summed E-state index contributed by atoms with van der Waals surface area (Å²) in [7, 11) is 3.00. The largest absolute Gasteiger partial charge is 0.497 e. The number of nitrogens with one attached hydrogen (secondary N) is 1. The van der Waals surface area contributed by atoms with Gasteiger partial charge in [-0.1, -0.05) is 12.1 Å². The van der Waals surface area contributed by atoms with Gasteiger partial charge in [-0.05, 0) is 29.8 Å². The molecule has 0 aliphatic heterocycles. The Kier molecular flexibility index (Phi) is 4.83. The number of alkyl halides is 3. The van der Waals surface area contributed by atoms with Gasteiger partial charge in [0, 0.05) is 18.0 Å². The molecule has 0 spiro atoms. The van der Waals surface area contributed by atoms with Crippen molar-refractivity contribution in [3.05, 3.63) is 53.9 Å². The number of hydrogen-bond acceptors (Lipinski definition) is 5. The van der Waals surface area contributed by atoms with Crippen LogP contribution in [0.15, 0.2) is 42.5 Å². The lowest BCUT2D eigenvalue weighted by Gasteiger charge is -2.13. The predicted octanol–water partition coefficient (Wildman–Crippen LogP) is 4.28. The molecule has 0 radical (unpaired) electrons. The minimum Gasteiger partial charge on any atom is -0.497 e. The van der Waals surface area contributed by atoms with E-state index in [0.717, 1.165) is 5.56 Å². The minimum atomic E-state index is -4.65. The van der Waals surface area contributed by atoms with E-state index >= 15 is 0 Å². The van der Waals surface area contributed by atoms with E-state index in [2.05, 4.69) is 15.3 Å². The van der Waals surface area contributed by atoms with Crippen LogP contribution in [0.5, 0.6) is 11.5 Å². The van der Waals surface area contributed by atoms with Crippen LogP contribution in [-0.2, 0) is 12.7 Å². The van der Waals surface area contributed by atoms with Crippen LogP contribution in [-0.4, -0.2) is 24.2 Å². The van der Waals surface area contributed by atoms with Gasteiger partial charge in [0.2, 0.25) is 5.82 Å². The summed E-state index contributed by atoms with van der Waals surface area (Å²) in [6.07, 6.45) is -4.65. The number of benzene rings is 2. The lowest BCUT2D eigenvalue weighted by molar-refractivity contribution is -0.144.